The first-order chi connectivity index (χ1) is 20.5. The number of esters is 1. The number of carbonyl (C=O) groups excluding carboxylic acids is 3. The van der Waals surface area contributed by atoms with Crippen LogP contribution in [0.1, 0.15) is 50.5 Å². The van der Waals surface area contributed by atoms with E-state index in [1.807, 2.05) is 77.7 Å². The number of carbonyl (C=O) groups is 3. The molecule has 1 N–H and O–H groups in total. The van der Waals surface area contributed by atoms with Crippen LogP contribution in [0.3, 0.4) is 0 Å². The molecule has 42 heavy (non-hydrogen) atoms. The van der Waals surface area contributed by atoms with Gasteiger partial charge in [-0.2, -0.15) is 0 Å². The lowest BCUT2D eigenvalue weighted by atomic mass is 9.87. The Morgan fingerprint density at radius 2 is 1.64 bits per heavy atom. The molecule has 6 heteroatoms. The van der Waals surface area contributed by atoms with E-state index in [0.717, 1.165) is 39.8 Å². The second-order valence-corrected chi connectivity index (χ2v) is 11.1. The van der Waals surface area contributed by atoms with Crippen molar-refractivity contribution >= 4 is 17.8 Å². The minimum Gasteiger partial charge on any atom is -0.465 e. The van der Waals surface area contributed by atoms with E-state index in [9.17, 15) is 14.4 Å². The molecule has 0 aromatic heterocycles. The Hall–Kier alpha value is -4.71. The Bertz CT molecular complexity index is 1620. The van der Waals surface area contributed by atoms with Crippen LogP contribution in [-0.2, 0) is 40.3 Å². The number of methoxy groups -OCH3 is 1. The van der Waals surface area contributed by atoms with Crippen LogP contribution in [0.25, 0.3) is 11.1 Å². The normalized spacial score (nSPS) is 17.2. The highest BCUT2D eigenvalue weighted by Crippen LogP contribution is 2.47. The molecule has 6 nitrogen and oxygen atoms in total. The molecule has 0 saturated heterocycles. The number of ether oxygens (including phenoxy) is 1. The smallest absolute Gasteiger partial charge is 0.337 e. The van der Waals surface area contributed by atoms with E-state index in [0.29, 0.717) is 38.0 Å². The van der Waals surface area contributed by atoms with Gasteiger partial charge in [0, 0.05) is 25.6 Å². The Labute approximate surface area is 246 Å². The maximum atomic E-state index is 13.3. The second kappa shape index (κ2) is 12.0. The summed E-state index contributed by atoms with van der Waals surface area (Å²) in [5, 5.41) is 3.18. The molecular weight excluding hydrogens is 524 g/mol. The van der Waals surface area contributed by atoms with E-state index < -0.39 is 0 Å². The van der Waals surface area contributed by atoms with Crippen LogP contribution in [0.2, 0.25) is 0 Å². The van der Waals surface area contributed by atoms with E-state index >= 15 is 0 Å². The Kier molecular flexibility index (Phi) is 7.87. The van der Waals surface area contributed by atoms with Crippen molar-refractivity contribution < 1.29 is 19.1 Å². The summed E-state index contributed by atoms with van der Waals surface area (Å²) in [6, 6.07) is 31.6. The van der Waals surface area contributed by atoms with Crippen molar-refractivity contribution in [1.82, 2.24) is 10.2 Å². The number of nitrogens with zero attached hydrogens (tertiary/aromatic N) is 1. The number of hydrogen-bond donors (Lipinski definition) is 1. The predicted octanol–water partition coefficient (Wildman–Crippen LogP) is 5.69. The van der Waals surface area contributed by atoms with Gasteiger partial charge in [-0.1, -0.05) is 84.9 Å². The summed E-state index contributed by atoms with van der Waals surface area (Å²) in [7, 11) is 1.38. The summed E-state index contributed by atoms with van der Waals surface area (Å²) in [6.07, 6.45) is 1.91. The third-order valence-electron chi connectivity index (χ3n) is 8.46. The molecule has 0 bridgehead atoms. The van der Waals surface area contributed by atoms with Gasteiger partial charge in [0.15, 0.2) is 0 Å². The van der Waals surface area contributed by atoms with Crippen molar-refractivity contribution in [3.63, 3.8) is 0 Å². The molecular formula is C36H34N2O4. The van der Waals surface area contributed by atoms with Crippen LogP contribution < -0.4 is 5.32 Å². The molecule has 1 fully saturated rings. The summed E-state index contributed by atoms with van der Waals surface area (Å²) in [5.74, 6) is 0.0451. The lowest BCUT2D eigenvalue weighted by molar-refractivity contribution is -0.131. The van der Waals surface area contributed by atoms with Crippen molar-refractivity contribution in [2.24, 2.45) is 5.92 Å². The van der Waals surface area contributed by atoms with Crippen molar-refractivity contribution in [2.45, 2.75) is 38.3 Å². The van der Waals surface area contributed by atoms with Crippen LogP contribution in [-0.4, -0.2) is 36.3 Å². The van der Waals surface area contributed by atoms with Crippen LogP contribution >= 0.6 is 0 Å². The van der Waals surface area contributed by atoms with Crippen molar-refractivity contribution in [3.05, 3.63) is 130 Å². The summed E-state index contributed by atoms with van der Waals surface area (Å²) in [4.78, 5) is 40.6. The lowest BCUT2D eigenvalue weighted by Crippen LogP contribution is -2.38. The first kappa shape index (κ1) is 27.5. The summed E-state index contributed by atoms with van der Waals surface area (Å²) in [6.45, 7) is 1.49. The Balaban J connectivity index is 1.25. The highest BCUT2D eigenvalue weighted by molar-refractivity contribution is 5.91. The summed E-state index contributed by atoms with van der Waals surface area (Å²) in [5.41, 5.74) is 7.89. The topological polar surface area (TPSA) is 75.7 Å². The molecule has 2 aliphatic rings. The highest BCUT2D eigenvalue weighted by Gasteiger charge is 2.43. The van der Waals surface area contributed by atoms with Crippen LogP contribution in [0.15, 0.2) is 97.1 Å². The minimum atomic E-state index is -0.378. The van der Waals surface area contributed by atoms with Gasteiger partial charge in [-0.05, 0) is 69.8 Å². The zero-order chi connectivity index (χ0) is 29.1. The fourth-order valence-corrected chi connectivity index (χ4v) is 6.07. The van der Waals surface area contributed by atoms with E-state index in [4.69, 9.17) is 4.74 Å². The van der Waals surface area contributed by atoms with Gasteiger partial charge < -0.3 is 15.0 Å². The number of hydrogen-bond acceptors (Lipinski definition) is 4. The van der Waals surface area contributed by atoms with E-state index in [-0.39, 0.29) is 29.6 Å². The second-order valence-electron chi connectivity index (χ2n) is 11.1. The largest absolute Gasteiger partial charge is 0.465 e. The molecule has 1 aliphatic carbocycles. The van der Waals surface area contributed by atoms with Crippen molar-refractivity contribution in [1.29, 1.82) is 0 Å². The fraction of sp³-hybridized carbons (Fsp3) is 0.250. The monoisotopic (exact) mass is 558 g/mol. The molecule has 2 atom stereocenters. The number of rotatable bonds is 8. The van der Waals surface area contributed by atoms with Gasteiger partial charge in [0.25, 0.3) is 0 Å². The third-order valence-corrected chi connectivity index (χ3v) is 8.46. The van der Waals surface area contributed by atoms with Crippen LogP contribution in [0, 0.1) is 5.92 Å². The molecule has 0 unspecified atom stereocenters. The molecule has 4 aromatic rings. The standard InChI is InChI=1S/C36H34N2O4/c1-42-36(41)27-14-8-13-26(20-27)29-16-15-28(22-37-35(40)32-21-31(32)25-11-6-3-7-12-25)33-23-38(18-17-30(29)33)34(39)19-24-9-4-2-5-10-24/h2-16,20,31-32H,17-19,21-23H2,1H3,(H,37,40)/t31-,32+/m0/s1. The summed E-state index contributed by atoms with van der Waals surface area (Å²) < 4.78 is 4.94. The van der Waals surface area contributed by atoms with Crippen LogP contribution in [0.4, 0.5) is 0 Å². The van der Waals surface area contributed by atoms with E-state index in [1.54, 1.807) is 6.07 Å². The predicted molar refractivity (Wildman–Crippen MR) is 162 cm³/mol. The van der Waals surface area contributed by atoms with Gasteiger partial charge in [0.2, 0.25) is 11.8 Å². The van der Waals surface area contributed by atoms with Crippen LogP contribution in [0.5, 0.6) is 0 Å². The third kappa shape index (κ3) is 5.84. The Morgan fingerprint density at radius 1 is 0.881 bits per heavy atom. The van der Waals surface area contributed by atoms with E-state index in [1.165, 1.54) is 12.7 Å². The fourth-order valence-electron chi connectivity index (χ4n) is 6.07. The molecule has 2 amide bonds. The van der Waals surface area contributed by atoms with Gasteiger partial charge in [-0.15, -0.1) is 0 Å². The molecule has 212 valence electrons. The molecule has 1 saturated carbocycles. The van der Waals surface area contributed by atoms with Gasteiger partial charge in [0.1, 0.15) is 0 Å². The average Bonchev–Trinajstić information content (AvgIpc) is 3.85. The molecule has 1 heterocycles. The maximum Gasteiger partial charge on any atom is 0.337 e. The number of benzene rings is 4. The SMILES string of the molecule is COC(=O)c1cccc(-c2ccc(CNC(=O)[C@@H]3C[C@H]3c3ccccc3)c3c2CCN(C(=O)Cc2ccccc2)C3)c1. The van der Waals surface area contributed by atoms with Gasteiger partial charge in [0.05, 0.1) is 19.1 Å². The first-order valence-electron chi connectivity index (χ1n) is 14.5. The molecule has 6 rings (SSSR count). The zero-order valence-corrected chi connectivity index (χ0v) is 23.7. The lowest BCUT2D eigenvalue weighted by Gasteiger charge is -2.32. The molecule has 1 aliphatic heterocycles. The van der Waals surface area contributed by atoms with E-state index in [2.05, 4.69) is 23.5 Å². The number of amides is 2. The van der Waals surface area contributed by atoms with Gasteiger partial charge in [-0.25, -0.2) is 4.79 Å². The van der Waals surface area contributed by atoms with Crippen molar-refractivity contribution in [3.8, 4) is 11.1 Å². The molecule has 0 radical (unpaired) electrons. The molecule has 4 aromatic carbocycles. The highest BCUT2D eigenvalue weighted by atomic mass is 16.5. The van der Waals surface area contributed by atoms with Gasteiger partial charge in [-0.3, -0.25) is 9.59 Å². The van der Waals surface area contributed by atoms with Crippen molar-refractivity contribution in [2.75, 3.05) is 13.7 Å². The number of nitrogens with one attached hydrogen (secondary N) is 1. The Morgan fingerprint density at radius 3 is 2.40 bits per heavy atom. The zero-order valence-electron chi connectivity index (χ0n) is 23.7. The summed E-state index contributed by atoms with van der Waals surface area (Å²) >= 11 is 0. The first-order valence-corrected chi connectivity index (χ1v) is 14.5. The maximum absolute atomic E-state index is 13.3. The quantitative estimate of drug-likeness (QED) is 0.282. The average molecular weight is 559 g/mol. The van der Waals surface area contributed by atoms with Gasteiger partial charge >= 0.3 is 5.97 Å². The molecule has 0 spiro atoms. The minimum absolute atomic E-state index is 0.00694. The number of fused-ring (bicyclic) bond motifs is 1.